The van der Waals surface area contributed by atoms with E-state index in [0.29, 0.717) is 12.2 Å². The van der Waals surface area contributed by atoms with Crippen molar-refractivity contribution in [1.29, 1.82) is 0 Å². The zero-order valence-corrected chi connectivity index (χ0v) is 5.34. The summed E-state index contributed by atoms with van der Waals surface area (Å²) in [5, 5.41) is 0. The van der Waals surface area contributed by atoms with Crippen LogP contribution in [0, 0.1) is 11.8 Å². The van der Waals surface area contributed by atoms with Crippen LogP contribution in [0.3, 0.4) is 0 Å². The topological polar surface area (TPSA) is 17.1 Å². The summed E-state index contributed by atoms with van der Waals surface area (Å²) in [6.07, 6.45) is 7.03. The lowest BCUT2D eigenvalue weighted by Crippen LogP contribution is -1.94. The van der Waals surface area contributed by atoms with E-state index in [1.165, 1.54) is 6.42 Å². The third kappa shape index (κ3) is 0.913. The maximum Gasteiger partial charge on any atom is 0.136 e. The molecule has 48 valence electrons. The van der Waals surface area contributed by atoms with Crippen LogP contribution in [-0.2, 0) is 4.79 Å². The Kier molecular flexibility index (Phi) is 0.981. The molecule has 0 aromatic carbocycles. The average molecular weight is 122 g/mol. The smallest absolute Gasteiger partial charge is 0.136 e. The van der Waals surface area contributed by atoms with Crippen molar-refractivity contribution < 1.29 is 4.79 Å². The SMILES string of the molecule is O=C1CC=CC2CC2C1. The molecule has 2 aliphatic rings. The molecule has 2 unspecified atom stereocenters. The van der Waals surface area contributed by atoms with Crippen LogP contribution >= 0.6 is 0 Å². The van der Waals surface area contributed by atoms with Crippen molar-refractivity contribution in [3.8, 4) is 0 Å². The van der Waals surface area contributed by atoms with Gasteiger partial charge in [0.05, 0.1) is 0 Å². The second kappa shape index (κ2) is 1.69. The quantitative estimate of drug-likeness (QED) is 0.445. The van der Waals surface area contributed by atoms with Gasteiger partial charge in [-0.25, -0.2) is 0 Å². The third-order valence-electron chi connectivity index (χ3n) is 2.20. The summed E-state index contributed by atoms with van der Waals surface area (Å²) in [4.78, 5) is 10.9. The summed E-state index contributed by atoms with van der Waals surface area (Å²) in [5.74, 6) is 1.93. The normalized spacial score (nSPS) is 39.8. The van der Waals surface area contributed by atoms with Gasteiger partial charge in [-0.05, 0) is 18.3 Å². The molecule has 0 radical (unpaired) electrons. The van der Waals surface area contributed by atoms with E-state index in [0.717, 1.165) is 18.3 Å². The number of hydrogen-bond acceptors (Lipinski definition) is 1. The van der Waals surface area contributed by atoms with Crippen LogP contribution in [0.15, 0.2) is 12.2 Å². The summed E-state index contributed by atoms with van der Waals surface area (Å²) in [6, 6.07) is 0. The Bertz CT molecular complexity index is 169. The molecule has 0 aromatic heterocycles. The molecule has 0 aliphatic heterocycles. The van der Waals surface area contributed by atoms with Gasteiger partial charge in [0.1, 0.15) is 5.78 Å². The number of fused-ring (bicyclic) bond motifs is 1. The second-order valence-corrected chi connectivity index (χ2v) is 3.03. The summed E-state index contributed by atoms with van der Waals surface area (Å²) in [7, 11) is 0. The summed E-state index contributed by atoms with van der Waals surface area (Å²) >= 11 is 0. The van der Waals surface area contributed by atoms with Crippen molar-refractivity contribution in [2.24, 2.45) is 11.8 Å². The molecule has 0 aromatic rings. The average Bonchev–Trinajstić information content (AvgIpc) is 2.43. The monoisotopic (exact) mass is 122 g/mol. The van der Waals surface area contributed by atoms with Gasteiger partial charge in [-0.1, -0.05) is 12.2 Å². The predicted octanol–water partition coefficient (Wildman–Crippen LogP) is 1.54. The second-order valence-electron chi connectivity index (χ2n) is 3.03. The van der Waals surface area contributed by atoms with Gasteiger partial charge in [-0.15, -0.1) is 0 Å². The maximum atomic E-state index is 10.9. The van der Waals surface area contributed by atoms with E-state index in [2.05, 4.69) is 6.08 Å². The Balaban J connectivity index is 2.11. The molecule has 0 heterocycles. The van der Waals surface area contributed by atoms with Gasteiger partial charge in [-0.3, -0.25) is 4.79 Å². The van der Waals surface area contributed by atoms with E-state index < -0.39 is 0 Å². The van der Waals surface area contributed by atoms with Crippen LogP contribution in [-0.4, -0.2) is 5.78 Å². The fourth-order valence-electron chi connectivity index (χ4n) is 1.49. The number of carbonyl (C=O) groups is 1. The molecule has 9 heavy (non-hydrogen) atoms. The highest BCUT2D eigenvalue weighted by atomic mass is 16.1. The van der Waals surface area contributed by atoms with Crippen molar-refractivity contribution in [2.45, 2.75) is 19.3 Å². The van der Waals surface area contributed by atoms with Crippen LogP contribution in [0.2, 0.25) is 0 Å². The van der Waals surface area contributed by atoms with Crippen LogP contribution < -0.4 is 0 Å². The molecule has 1 heteroatoms. The van der Waals surface area contributed by atoms with Gasteiger partial charge in [-0.2, -0.15) is 0 Å². The highest BCUT2D eigenvalue weighted by Gasteiger charge is 2.37. The molecule has 1 fully saturated rings. The number of hydrogen-bond donors (Lipinski definition) is 0. The van der Waals surface area contributed by atoms with Gasteiger partial charge in [0.2, 0.25) is 0 Å². The molecule has 0 spiro atoms. The minimum absolute atomic E-state index is 0.427. The summed E-state index contributed by atoms with van der Waals surface area (Å²) < 4.78 is 0. The Hall–Kier alpha value is -0.590. The molecule has 0 amide bonds. The van der Waals surface area contributed by atoms with Crippen molar-refractivity contribution in [2.75, 3.05) is 0 Å². The van der Waals surface area contributed by atoms with E-state index in [1.807, 2.05) is 6.08 Å². The van der Waals surface area contributed by atoms with E-state index >= 15 is 0 Å². The van der Waals surface area contributed by atoms with Gasteiger partial charge in [0.25, 0.3) is 0 Å². The lowest BCUT2D eigenvalue weighted by Gasteiger charge is -1.88. The number of ketones is 1. The molecular weight excluding hydrogens is 112 g/mol. The molecule has 2 atom stereocenters. The molecule has 0 saturated heterocycles. The first kappa shape index (κ1) is 5.21. The number of carbonyl (C=O) groups excluding carboxylic acids is 1. The van der Waals surface area contributed by atoms with Crippen molar-refractivity contribution in [3.05, 3.63) is 12.2 Å². The van der Waals surface area contributed by atoms with E-state index in [4.69, 9.17) is 0 Å². The number of Topliss-reactive ketones (excluding diaryl/α,β-unsaturated/α-hetero) is 1. The summed E-state index contributed by atoms with van der Waals surface area (Å²) in [5.41, 5.74) is 0. The first-order valence-electron chi connectivity index (χ1n) is 3.54. The van der Waals surface area contributed by atoms with E-state index in [9.17, 15) is 4.79 Å². The third-order valence-corrected chi connectivity index (χ3v) is 2.20. The molecule has 0 N–H and O–H groups in total. The van der Waals surface area contributed by atoms with Crippen molar-refractivity contribution in [1.82, 2.24) is 0 Å². The Morgan fingerprint density at radius 1 is 1.56 bits per heavy atom. The van der Waals surface area contributed by atoms with Crippen LogP contribution in [0.4, 0.5) is 0 Å². The number of allylic oxidation sites excluding steroid dienone is 2. The van der Waals surface area contributed by atoms with Crippen LogP contribution in [0.5, 0.6) is 0 Å². The molecule has 2 rings (SSSR count). The largest absolute Gasteiger partial charge is 0.299 e. The predicted molar refractivity (Wildman–Crippen MR) is 35.0 cm³/mol. The molecule has 0 bridgehead atoms. The van der Waals surface area contributed by atoms with Gasteiger partial charge in [0.15, 0.2) is 0 Å². The molecule has 1 nitrogen and oxygen atoms in total. The Morgan fingerprint density at radius 3 is 3.33 bits per heavy atom. The minimum atomic E-state index is 0.427. The first-order chi connectivity index (χ1) is 4.36. The fraction of sp³-hybridized carbons (Fsp3) is 0.625. The summed E-state index contributed by atoms with van der Waals surface area (Å²) in [6.45, 7) is 0. The van der Waals surface area contributed by atoms with Crippen LogP contribution in [0.1, 0.15) is 19.3 Å². The maximum absolute atomic E-state index is 10.9. The highest BCUT2D eigenvalue weighted by molar-refractivity contribution is 5.81. The lowest BCUT2D eigenvalue weighted by molar-refractivity contribution is -0.118. The number of rotatable bonds is 0. The van der Waals surface area contributed by atoms with Gasteiger partial charge < -0.3 is 0 Å². The zero-order chi connectivity index (χ0) is 6.27. The Labute approximate surface area is 54.8 Å². The zero-order valence-electron chi connectivity index (χ0n) is 5.34. The van der Waals surface area contributed by atoms with Gasteiger partial charge >= 0.3 is 0 Å². The highest BCUT2D eigenvalue weighted by Crippen LogP contribution is 2.44. The van der Waals surface area contributed by atoms with Crippen LogP contribution in [0.25, 0.3) is 0 Å². The molecule has 2 aliphatic carbocycles. The first-order valence-corrected chi connectivity index (χ1v) is 3.54. The van der Waals surface area contributed by atoms with E-state index in [-0.39, 0.29) is 0 Å². The van der Waals surface area contributed by atoms with Crippen molar-refractivity contribution >= 4 is 5.78 Å². The van der Waals surface area contributed by atoms with E-state index in [1.54, 1.807) is 0 Å². The van der Waals surface area contributed by atoms with Gasteiger partial charge in [0, 0.05) is 12.8 Å². The fourth-order valence-corrected chi connectivity index (χ4v) is 1.49. The Morgan fingerprint density at radius 2 is 2.44 bits per heavy atom. The standard InChI is InChI=1S/C8H10O/c9-8-3-1-2-6-4-7(6)5-8/h1-2,6-7H,3-5H2. The minimum Gasteiger partial charge on any atom is -0.299 e. The lowest BCUT2D eigenvalue weighted by atomic mass is 10.2. The molecule has 1 saturated carbocycles. The molecular formula is C8H10O. The van der Waals surface area contributed by atoms with Crippen molar-refractivity contribution in [3.63, 3.8) is 0 Å².